The van der Waals surface area contributed by atoms with Gasteiger partial charge in [-0.25, -0.2) is 4.79 Å². The van der Waals surface area contributed by atoms with E-state index in [1.165, 1.54) is 0 Å². The molecular formula is C23H23N3O3. The van der Waals surface area contributed by atoms with E-state index >= 15 is 0 Å². The molecule has 0 saturated heterocycles. The summed E-state index contributed by atoms with van der Waals surface area (Å²) in [7, 11) is 3.94. The maximum Gasteiger partial charge on any atom is 0.335 e. The summed E-state index contributed by atoms with van der Waals surface area (Å²) >= 11 is 0. The van der Waals surface area contributed by atoms with E-state index in [1.807, 2.05) is 55.4 Å². The molecule has 0 saturated carbocycles. The number of benzene rings is 3. The van der Waals surface area contributed by atoms with E-state index in [2.05, 4.69) is 0 Å². The van der Waals surface area contributed by atoms with E-state index in [9.17, 15) is 9.90 Å². The van der Waals surface area contributed by atoms with Crippen LogP contribution in [0.15, 0.2) is 66.7 Å². The molecule has 3 aromatic carbocycles. The molecule has 6 heteroatoms. The molecule has 3 aromatic rings. The van der Waals surface area contributed by atoms with Crippen LogP contribution < -0.4 is 15.4 Å². The second-order valence-corrected chi connectivity index (χ2v) is 6.90. The fourth-order valence-corrected chi connectivity index (χ4v) is 2.94. The lowest BCUT2D eigenvalue weighted by atomic mass is 9.98. The van der Waals surface area contributed by atoms with Crippen LogP contribution in [0.4, 0.5) is 5.69 Å². The van der Waals surface area contributed by atoms with Crippen LogP contribution in [0.25, 0.3) is 11.1 Å². The Bertz CT molecular complexity index is 1040. The highest BCUT2D eigenvalue weighted by Crippen LogP contribution is 2.25. The van der Waals surface area contributed by atoms with Gasteiger partial charge in [-0.2, -0.15) is 0 Å². The number of nitrogens with two attached hydrogens (primary N) is 1. The number of anilines is 1. The molecule has 0 amide bonds. The highest BCUT2D eigenvalue weighted by atomic mass is 16.5. The standard InChI is InChI=1S/C23H23N3O3/c1-26(2)20-6-8-21(9-7-20)29-14-15-10-18(13-19(11-15)23(27)28)16-4-3-5-17(12-16)22(24)25/h3-13H,14H2,1-2H3,(H3,24,25)(H,27,28). The minimum atomic E-state index is -1.01. The van der Waals surface area contributed by atoms with Gasteiger partial charge in [0.15, 0.2) is 0 Å². The fourth-order valence-electron chi connectivity index (χ4n) is 2.94. The number of carbonyl (C=O) groups is 1. The predicted molar refractivity (Wildman–Crippen MR) is 115 cm³/mol. The molecule has 0 radical (unpaired) electrons. The van der Waals surface area contributed by atoms with Crippen molar-refractivity contribution in [3.63, 3.8) is 0 Å². The molecule has 3 rings (SSSR count). The van der Waals surface area contributed by atoms with Gasteiger partial charge in [-0.15, -0.1) is 0 Å². The number of aromatic carboxylic acids is 1. The Balaban J connectivity index is 1.88. The van der Waals surface area contributed by atoms with Crippen LogP contribution in [-0.2, 0) is 6.61 Å². The van der Waals surface area contributed by atoms with Gasteiger partial charge < -0.3 is 20.5 Å². The van der Waals surface area contributed by atoms with Gasteiger partial charge in [-0.3, -0.25) is 5.41 Å². The molecule has 0 aliphatic carbocycles. The summed E-state index contributed by atoms with van der Waals surface area (Å²) in [5.74, 6) is -0.339. The van der Waals surface area contributed by atoms with Gasteiger partial charge in [0.1, 0.15) is 18.2 Å². The summed E-state index contributed by atoms with van der Waals surface area (Å²) in [6.45, 7) is 0.238. The number of carboxylic acid groups (broad SMARTS) is 1. The Morgan fingerprint density at radius 1 is 1.00 bits per heavy atom. The Morgan fingerprint density at radius 2 is 1.69 bits per heavy atom. The third-order valence-electron chi connectivity index (χ3n) is 4.51. The molecule has 4 N–H and O–H groups in total. The normalized spacial score (nSPS) is 10.4. The van der Waals surface area contributed by atoms with Gasteiger partial charge in [0.2, 0.25) is 0 Å². The van der Waals surface area contributed by atoms with E-state index in [1.54, 1.807) is 30.3 Å². The molecule has 0 atom stereocenters. The van der Waals surface area contributed by atoms with E-state index in [0.29, 0.717) is 11.3 Å². The van der Waals surface area contributed by atoms with Crippen LogP contribution >= 0.6 is 0 Å². The predicted octanol–water partition coefficient (Wildman–Crippen LogP) is 3.98. The van der Waals surface area contributed by atoms with Crippen molar-refractivity contribution in [1.29, 1.82) is 5.41 Å². The first-order valence-corrected chi connectivity index (χ1v) is 9.06. The quantitative estimate of drug-likeness (QED) is 0.419. The first-order chi connectivity index (χ1) is 13.8. The summed E-state index contributed by atoms with van der Waals surface area (Å²) in [6, 6.07) is 20.0. The van der Waals surface area contributed by atoms with E-state index < -0.39 is 5.97 Å². The number of rotatable bonds is 7. The van der Waals surface area contributed by atoms with Crippen molar-refractivity contribution in [1.82, 2.24) is 0 Å². The van der Waals surface area contributed by atoms with Gasteiger partial charge in [-0.1, -0.05) is 18.2 Å². The number of ether oxygens (including phenoxy) is 1. The number of nitrogens with one attached hydrogen (secondary N) is 1. The lowest BCUT2D eigenvalue weighted by Crippen LogP contribution is -2.10. The number of nitrogens with zero attached hydrogens (tertiary/aromatic N) is 1. The van der Waals surface area contributed by atoms with Crippen molar-refractivity contribution in [3.8, 4) is 16.9 Å². The topological polar surface area (TPSA) is 99.6 Å². The first-order valence-electron chi connectivity index (χ1n) is 9.06. The van der Waals surface area contributed by atoms with Gasteiger partial charge >= 0.3 is 5.97 Å². The van der Waals surface area contributed by atoms with E-state index in [0.717, 1.165) is 22.4 Å². The maximum atomic E-state index is 11.6. The maximum absolute atomic E-state index is 11.6. The summed E-state index contributed by atoms with van der Waals surface area (Å²) in [4.78, 5) is 13.6. The largest absolute Gasteiger partial charge is 0.489 e. The van der Waals surface area contributed by atoms with Crippen LogP contribution in [0, 0.1) is 5.41 Å². The van der Waals surface area contributed by atoms with Gasteiger partial charge in [0.25, 0.3) is 0 Å². The van der Waals surface area contributed by atoms with Crippen molar-refractivity contribution < 1.29 is 14.6 Å². The Morgan fingerprint density at radius 3 is 2.31 bits per heavy atom. The van der Waals surface area contributed by atoms with Crippen LogP contribution in [0.5, 0.6) is 5.75 Å². The Hall–Kier alpha value is -3.80. The molecule has 0 aromatic heterocycles. The third kappa shape index (κ3) is 4.93. The minimum absolute atomic E-state index is 0.0361. The molecule has 6 nitrogen and oxygen atoms in total. The fraction of sp³-hybridized carbons (Fsp3) is 0.130. The second-order valence-electron chi connectivity index (χ2n) is 6.90. The number of nitrogen functional groups attached to an aromatic ring is 1. The van der Waals surface area contributed by atoms with Crippen molar-refractivity contribution in [2.45, 2.75) is 6.61 Å². The molecule has 0 spiro atoms. The van der Waals surface area contributed by atoms with Crippen LogP contribution in [0.2, 0.25) is 0 Å². The molecule has 0 unspecified atom stereocenters. The highest BCUT2D eigenvalue weighted by molar-refractivity contribution is 5.96. The zero-order valence-electron chi connectivity index (χ0n) is 16.3. The van der Waals surface area contributed by atoms with E-state index in [-0.39, 0.29) is 18.0 Å². The molecule has 29 heavy (non-hydrogen) atoms. The van der Waals surface area contributed by atoms with Crippen LogP contribution in [0.1, 0.15) is 21.5 Å². The average Bonchev–Trinajstić information content (AvgIpc) is 2.72. The number of amidine groups is 1. The lowest BCUT2D eigenvalue weighted by Gasteiger charge is -2.14. The van der Waals surface area contributed by atoms with Crippen molar-refractivity contribution >= 4 is 17.5 Å². The monoisotopic (exact) mass is 389 g/mol. The zero-order chi connectivity index (χ0) is 21.0. The number of carboxylic acids is 1. The second kappa shape index (κ2) is 8.48. The molecule has 0 heterocycles. The summed E-state index contributed by atoms with van der Waals surface area (Å²) in [6.07, 6.45) is 0. The minimum Gasteiger partial charge on any atom is -0.489 e. The van der Waals surface area contributed by atoms with Crippen molar-refractivity contribution in [2.24, 2.45) is 5.73 Å². The molecule has 0 bridgehead atoms. The SMILES string of the molecule is CN(C)c1ccc(OCc2cc(C(=O)O)cc(-c3cccc(C(=N)N)c3)c2)cc1. The number of hydrogen-bond donors (Lipinski definition) is 3. The zero-order valence-corrected chi connectivity index (χ0v) is 16.3. The van der Waals surface area contributed by atoms with Gasteiger partial charge in [0, 0.05) is 25.3 Å². The lowest BCUT2D eigenvalue weighted by molar-refractivity contribution is 0.0696. The van der Waals surface area contributed by atoms with Gasteiger partial charge in [-0.05, 0) is 65.2 Å². The number of hydrogen-bond acceptors (Lipinski definition) is 4. The Kier molecular flexibility index (Phi) is 5.83. The summed E-state index contributed by atoms with van der Waals surface area (Å²) < 4.78 is 5.85. The summed E-state index contributed by atoms with van der Waals surface area (Å²) in [5.41, 5.74) is 9.67. The van der Waals surface area contributed by atoms with Crippen molar-refractivity contribution in [2.75, 3.05) is 19.0 Å². The van der Waals surface area contributed by atoms with Crippen LogP contribution in [-0.4, -0.2) is 31.0 Å². The molecule has 0 fully saturated rings. The van der Waals surface area contributed by atoms with Crippen LogP contribution in [0.3, 0.4) is 0 Å². The third-order valence-corrected chi connectivity index (χ3v) is 4.51. The highest BCUT2D eigenvalue weighted by Gasteiger charge is 2.10. The smallest absolute Gasteiger partial charge is 0.335 e. The molecule has 148 valence electrons. The van der Waals surface area contributed by atoms with E-state index in [4.69, 9.17) is 15.9 Å². The summed E-state index contributed by atoms with van der Waals surface area (Å²) in [5, 5.41) is 17.1. The van der Waals surface area contributed by atoms with Crippen molar-refractivity contribution in [3.05, 3.63) is 83.4 Å². The average molecular weight is 389 g/mol. The molecule has 0 aliphatic heterocycles. The Labute approximate surface area is 169 Å². The molecule has 0 aliphatic rings. The van der Waals surface area contributed by atoms with Gasteiger partial charge in [0.05, 0.1) is 5.56 Å². The molecular weight excluding hydrogens is 366 g/mol. The first kappa shape index (κ1) is 19.9.